The molecule has 6 nitrogen and oxygen atoms in total. The normalized spacial score (nSPS) is 13.6. The van der Waals surface area contributed by atoms with E-state index in [0.29, 0.717) is 43.0 Å². The first-order valence-corrected chi connectivity index (χ1v) is 14.7. The molecule has 3 atom stereocenters. The number of hydrogen-bond acceptors (Lipinski definition) is 6. The fourth-order valence-corrected chi connectivity index (χ4v) is 4.00. The Morgan fingerprint density at radius 1 is 0.737 bits per heavy atom. The monoisotopic (exact) mass is 538 g/mol. The van der Waals surface area contributed by atoms with Crippen LogP contribution in [0.3, 0.4) is 0 Å². The van der Waals surface area contributed by atoms with Crippen LogP contribution in [0.1, 0.15) is 120 Å². The fraction of sp³-hybridized carbons (Fsp3) is 0.781. The molecule has 38 heavy (non-hydrogen) atoms. The van der Waals surface area contributed by atoms with Gasteiger partial charge in [0.2, 0.25) is 0 Å². The average Bonchev–Trinajstić information content (AvgIpc) is 2.86. The Kier molecular flexibility index (Phi) is 24.0. The van der Waals surface area contributed by atoms with Crippen LogP contribution < -0.4 is 0 Å². The summed E-state index contributed by atoms with van der Waals surface area (Å²) in [7, 11) is 0. The van der Waals surface area contributed by atoms with E-state index in [1.54, 1.807) is 0 Å². The van der Waals surface area contributed by atoms with Gasteiger partial charge in [0.1, 0.15) is 0 Å². The second kappa shape index (κ2) is 24.0. The predicted molar refractivity (Wildman–Crippen MR) is 157 cm³/mol. The topological polar surface area (TPSA) is 78.9 Å². The minimum absolute atomic E-state index is 0.326. The highest BCUT2D eigenvalue weighted by Gasteiger charge is 2.15. The highest BCUT2D eigenvalue weighted by atomic mass is 16.5. The summed E-state index contributed by atoms with van der Waals surface area (Å²) in [5, 5.41) is 0. The molecule has 222 valence electrons. The standard InChI is InChI=1S/C20H36O4.C12H22O2/c1-5-9-11-17(7-3)15-23-19(21)13-14-20(22)24-16-18(8-4)12-10-6-2;1-6-11(13)14-8-7-10(2)9-12(3,4)5/h13-14,17-18H,5-12,15-16H2,1-4H3;6,10H,1,7-9H2,2-5H3/b14-13+;. The van der Waals surface area contributed by atoms with Crippen LogP contribution in [0.4, 0.5) is 0 Å². The van der Waals surface area contributed by atoms with Gasteiger partial charge in [-0.3, -0.25) is 0 Å². The SMILES string of the molecule is C=CC(=O)OCCC(C)CC(C)(C)C.CCCCC(CC)COC(=O)/C=C/C(=O)OCC(CC)CCCC. The molecule has 0 saturated heterocycles. The van der Waals surface area contributed by atoms with E-state index in [2.05, 4.69) is 62.0 Å². The third-order valence-electron chi connectivity index (χ3n) is 6.35. The molecular formula is C32H58O6. The van der Waals surface area contributed by atoms with Crippen LogP contribution in [0.5, 0.6) is 0 Å². The molecule has 0 aliphatic rings. The van der Waals surface area contributed by atoms with Crippen molar-refractivity contribution in [3.8, 4) is 0 Å². The Bertz CT molecular complexity index is 627. The molecule has 3 unspecified atom stereocenters. The van der Waals surface area contributed by atoms with E-state index < -0.39 is 11.9 Å². The van der Waals surface area contributed by atoms with Gasteiger partial charge in [-0.25, -0.2) is 14.4 Å². The second-order valence-electron chi connectivity index (χ2n) is 11.5. The minimum Gasteiger partial charge on any atom is -0.463 e. The smallest absolute Gasteiger partial charge is 0.331 e. The first-order chi connectivity index (χ1) is 17.9. The van der Waals surface area contributed by atoms with Crippen molar-refractivity contribution in [1.82, 2.24) is 0 Å². The van der Waals surface area contributed by atoms with Crippen LogP contribution in [0.2, 0.25) is 0 Å². The molecule has 0 heterocycles. The van der Waals surface area contributed by atoms with E-state index in [1.165, 1.54) is 18.2 Å². The van der Waals surface area contributed by atoms with E-state index in [-0.39, 0.29) is 5.97 Å². The molecular weight excluding hydrogens is 480 g/mol. The van der Waals surface area contributed by atoms with Crippen molar-refractivity contribution >= 4 is 17.9 Å². The summed E-state index contributed by atoms with van der Waals surface area (Å²) in [6, 6.07) is 0. The Morgan fingerprint density at radius 2 is 1.18 bits per heavy atom. The summed E-state index contributed by atoms with van der Waals surface area (Å²) < 4.78 is 15.3. The number of carbonyl (C=O) groups is 3. The van der Waals surface area contributed by atoms with E-state index >= 15 is 0 Å². The Balaban J connectivity index is 0. The molecule has 0 saturated carbocycles. The molecule has 0 amide bonds. The van der Waals surface area contributed by atoms with Crippen LogP contribution in [-0.4, -0.2) is 37.7 Å². The van der Waals surface area contributed by atoms with Gasteiger partial charge >= 0.3 is 17.9 Å². The Morgan fingerprint density at radius 3 is 1.53 bits per heavy atom. The lowest BCUT2D eigenvalue weighted by molar-refractivity contribution is -0.142. The van der Waals surface area contributed by atoms with Crippen molar-refractivity contribution < 1.29 is 28.6 Å². The van der Waals surface area contributed by atoms with Crippen molar-refractivity contribution in [3.63, 3.8) is 0 Å². The maximum absolute atomic E-state index is 11.7. The van der Waals surface area contributed by atoms with Crippen LogP contribution in [0.25, 0.3) is 0 Å². The van der Waals surface area contributed by atoms with Crippen LogP contribution in [0, 0.1) is 23.2 Å². The third-order valence-corrected chi connectivity index (χ3v) is 6.35. The Hall–Kier alpha value is -2.11. The number of rotatable bonds is 19. The van der Waals surface area contributed by atoms with Gasteiger partial charge in [-0.15, -0.1) is 0 Å². The van der Waals surface area contributed by atoms with E-state index in [9.17, 15) is 14.4 Å². The molecule has 0 bridgehead atoms. The van der Waals surface area contributed by atoms with Gasteiger partial charge in [0.05, 0.1) is 19.8 Å². The molecule has 6 heteroatoms. The van der Waals surface area contributed by atoms with Gasteiger partial charge in [-0.1, -0.05) is 100 Å². The largest absolute Gasteiger partial charge is 0.463 e. The number of hydrogen-bond donors (Lipinski definition) is 0. The molecule has 0 fully saturated rings. The van der Waals surface area contributed by atoms with Gasteiger partial charge in [0.15, 0.2) is 0 Å². The zero-order valence-corrected chi connectivity index (χ0v) is 25.8. The number of carbonyl (C=O) groups excluding carboxylic acids is 3. The molecule has 0 aromatic rings. The summed E-state index contributed by atoms with van der Waals surface area (Å²) in [5.41, 5.74) is 0.349. The number of unbranched alkanes of at least 4 members (excludes halogenated alkanes) is 2. The molecule has 0 N–H and O–H groups in total. The van der Waals surface area contributed by atoms with E-state index in [0.717, 1.165) is 64.2 Å². The minimum atomic E-state index is -0.472. The van der Waals surface area contributed by atoms with Gasteiger partial charge in [0, 0.05) is 18.2 Å². The van der Waals surface area contributed by atoms with Crippen molar-refractivity contribution in [2.24, 2.45) is 23.2 Å². The summed E-state index contributed by atoms with van der Waals surface area (Å²) in [6.07, 6.45) is 14.3. The molecule has 0 aromatic carbocycles. The predicted octanol–water partition coefficient (Wildman–Crippen LogP) is 8.24. The summed E-state index contributed by atoms with van der Waals surface area (Å²) in [5.74, 6) is 0.122. The van der Waals surface area contributed by atoms with Gasteiger partial charge < -0.3 is 14.2 Å². The first kappa shape index (κ1) is 38.0. The van der Waals surface area contributed by atoms with Gasteiger partial charge in [0.25, 0.3) is 0 Å². The fourth-order valence-electron chi connectivity index (χ4n) is 4.00. The summed E-state index contributed by atoms with van der Waals surface area (Å²) >= 11 is 0. The maximum atomic E-state index is 11.7. The molecule has 0 spiro atoms. The number of esters is 3. The van der Waals surface area contributed by atoms with Crippen LogP contribution in [0.15, 0.2) is 24.8 Å². The Labute approximate surface area is 234 Å². The lowest BCUT2D eigenvalue weighted by atomic mass is 9.84. The highest BCUT2D eigenvalue weighted by Crippen LogP contribution is 2.25. The molecule has 0 aliphatic heterocycles. The molecule has 0 rings (SSSR count). The number of ether oxygens (including phenoxy) is 3. The lowest BCUT2D eigenvalue weighted by Crippen LogP contribution is -2.14. The summed E-state index contributed by atoms with van der Waals surface area (Å²) in [6.45, 7) is 22.0. The van der Waals surface area contributed by atoms with Crippen LogP contribution >= 0.6 is 0 Å². The van der Waals surface area contributed by atoms with E-state index in [1.807, 2.05) is 0 Å². The first-order valence-electron chi connectivity index (χ1n) is 14.7. The van der Waals surface area contributed by atoms with Crippen molar-refractivity contribution in [2.45, 2.75) is 120 Å². The molecule has 0 aromatic heterocycles. The summed E-state index contributed by atoms with van der Waals surface area (Å²) in [4.78, 5) is 34.1. The zero-order valence-electron chi connectivity index (χ0n) is 25.8. The molecule has 0 radical (unpaired) electrons. The van der Waals surface area contributed by atoms with Gasteiger partial charge in [-0.2, -0.15) is 0 Å². The molecule has 0 aliphatic carbocycles. The van der Waals surface area contributed by atoms with Crippen molar-refractivity contribution in [1.29, 1.82) is 0 Å². The van der Waals surface area contributed by atoms with Crippen molar-refractivity contribution in [2.75, 3.05) is 19.8 Å². The van der Waals surface area contributed by atoms with E-state index in [4.69, 9.17) is 14.2 Å². The quantitative estimate of drug-likeness (QED) is 0.0936. The average molecular weight is 539 g/mol. The lowest BCUT2D eigenvalue weighted by Gasteiger charge is -2.22. The highest BCUT2D eigenvalue weighted by molar-refractivity contribution is 5.91. The van der Waals surface area contributed by atoms with Crippen LogP contribution in [-0.2, 0) is 28.6 Å². The zero-order chi connectivity index (χ0) is 29.4. The second-order valence-corrected chi connectivity index (χ2v) is 11.5. The maximum Gasteiger partial charge on any atom is 0.331 e. The van der Waals surface area contributed by atoms with Gasteiger partial charge in [-0.05, 0) is 48.9 Å². The third kappa shape index (κ3) is 25.5. The van der Waals surface area contributed by atoms with Crippen molar-refractivity contribution in [3.05, 3.63) is 24.8 Å².